The van der Waals surface area contributed by atoms with Crippen molar-refractivity contribution in [2.24, 2.45) is 0 Å². The van der Waals surface area contributed by atoms with Crippen molar-refractivity contribution < 1.29 is 9.21 Å². The zero-order valence-corrected chi connectivity index (χ0v) is 17.5. The van der Waals surface area contributed by atoms with E-state index in [1.54, 1.807) is 23.0 Å². The molecule has 4 aromatic rings. The first kappa shape index (κ1) is 20.1. The zero-order chi connectivity index (χ0) is 20.9. The number of carbonyl (C=O) groups excluding carboxylic acids is 1. The molecule has 0 atom stereocenters. The number of hydrogen-bond donors (Lipinski definition) is 1. The molecular formula is C20H17ClN6O2S. The number of thioether (sulfide) groups is 1. The average molecular weight is 441 g/mol. The number of carbonyl (C=O) groups is 1. The summed E-state index contributed by atoms with van der Waals surface area (Å²) in [6, 6.07) is 14.6. The van der Waals surface area contributed by atoms with Gasteiger partial charge in [-0.15, -0.1) is 5.10 Å². The molecule has 0 aliphatic rings. The summed E-state index contributed by atoms with van der Waals surface area (Å²) < 4.78 is 7.36. The molecule has 0 saturated carbocycles. The van der Waals surface area contributed by atoms with E-state index in [0.717, 1.165) is 11.3 Å². The molecule has 2 aromatic heterocycles. The minimum atomic E-state index is -0.139. The molecule has 30 heavy (non-hydrogen) atoms. The van der Waals surface area contributed by atoms with Crippen LogP contribution in [-0.2, 0) is 11.2 Å². The smallest absolute Gasteiger partial charge is 0.224 e. The number of amides is 1. The minimum absolute atomic E-state index is 0.139. The lowest BCUT2D eigenvalue weighted by molar-refractivity contribution is -0.116. The van der Waals surface area contributed by atoms with Gasteiger partial charge in [-0.1, -0.05) is 29.4 Å². The summed E-state index contributed by atoms with van der Waals surface area (Å²) >= 11 is 7.35. The van der Waals surface area contributed by atoms with E-state index in [0.29, 0.717) is 33.9 Å². The van der Waals surface area contributed by atoms with Crippen LogP contribution in [0.1, 0.15) is 12.3 Å². The summed E-state index contributed by atoms with van der Waals surface area (Å²) in [5.41, 5.74) is 2.31. The number of aryl methyl sites for hydroxylation is 1. The van der Waals surface area contributed by atoms with Gasteiger partial charge >= 0.3 is 0 Å². The molecular weight excluding hydrogens is 424 g/mol. The standard InChI is InChI=1S/C20H17ClN6O2S/c1-30-20-24-25-26-27(20)16-4-2-3-15(11-16)23-18(28)9-10-19-22-12-17(29-19)13-5-7-14(21)8-6-13/h2-8,11-12H,9-10H2,1H3,(H,23,28). The van der Waals surface area contributed by atoms with Crippen molar-refractivity contribution in [3.63, 3.8) is 0 Å². The molecule has 1 N–H and O–H groups in total. The van der Waals surface area contributed by atoms with E-state index in [9.17, 15) is 4.79 Å². The lowest BCUT2D eigenvalue weighted by Crippen LogP contribution is -2.12. The van der Waals surface area contributed by atoms with Gasteiger partial charge in [0.1, 0.15) is 0 Å². The van der Waals surface area contributed by atoms with Gasteiger partial charge in [-0.05, 0) is 59.1 Å². The third-order valence-electron chi connectivity index (χ3n) is 4.25. The molecule has 1 amide bonds. The maximum Gasteiger partial charge on any atom is 0.224 e. The van der Waals surface area contributed by atoms with Gasteiger partial charge < -0.3 is 9.73 Å². The largest absolute Gasteiger partial charge is 0.441 e. The highest BCUT2D eigenvalue weighted by molar-refractivity contribution is 7.98. The highest BCUT2D eigenvalue weighted by atomic mass is 35.5. The van der Waals surface area contributed by atoms with Crippen molar-refractivity contribution >= 4 is 35.0 Å². The lowest BCUT2D eigenvalue weighted by Gasteiger charge is -2.07. The molecule has 2 heterocycles. The van der Waals surface area contributed by atoms with Gasteiger partial charge in [0, 0.05) is 29.1 Å². The first-order chi connectivity index (χ1) is 14.6. The Morgan fingerprint density at radius 3 is 2.87 bits per heavy atom. The Kier molecular flexibility index (Phi) is 6.10. The number of halogens is 1. The summed E-state index contributed by atoms with van der Waals surface area (Å²) in [7, 11) is 0. The molecule has 0 saturated heterocycles. The van der Waals surface area contributed by atoms with Crippen LogP contribution in [0, 0.1) is 0 Å². The predicted octanol–water partition coefficient (Wildman–Crippen LogP) is 4.26. The second-order valence-electron chi connectivity index (χ2n) is 6.30. The number of benzene rings is 2. The summed E-state index contributed by atoms with van der Waals surface area (Å²) in [5, 5.41) is 15.8. The Labute approximate surface area is 181 Å². The third-order valence-corrected chi connectivity index (χ3v) is 5.12. The van der Waals surface area contributed by atoms with Crippen molar-refractivity contribution in [3.8, 4) is 17.0 Å². The Balaban J connectivity index is 1.36. The number of rotatable bonds is 7. The lowest BCUT2D eigenvalue weighted by atomic mass is 10.2. The number of tetrazole rings is 1. The van der Waals surface area contributed by atoms with Crippen molar-refractivity contribution in [2.45, 2.75) is 18.0 Å². The van der Waals surface area contributed by atoms with Gasteiger partial charge in [0.05, 0.1) is 11.9 Å². The van der Waals surface area contributed by atoms with Crippen LogP contribution in [0.5, 0.6) is 0 Å². The van der Waals surface area contributed by atoms with Crippen LogP contribution in [0.3, 0.4) is 0 Å². The number of anilines is 1. The fraction of sp³-hybridized carbons (Fsp3) is 0.150. The van der Waals surface area contributed by atoms with Crippen LogP contribution in [-0.4, -0.2) is 37.4 Å². The van der Waals surface area contributed by atoms with E-state index in [1.807, 2.05) is 42.7 Å². The van der Waals surface area contributed by atoms with E-state index in [4.69, 9.17) is 16.0 Å². The van der Waals surface area contributed by atoms with Gasteiger partial charge in [-0.2, -0.15) is 4.68 Å². The monoisotopic (exact) mass is 440 g/mol. The molecule has 0 aliphatic carbocycles. The molecule has 0 unspecified atom stereocenters. The van der Waals surface area contributed by atoms with Crippen molar-refractivity contribution in [2.75, 3.05) is 11.6 Å². The summed E-state index contributed by atoms with van der Waals surface area (Å²) in [6.45, 7) is 0. The van der Waals surface area contributed by atoms with Crippen molar-refractivity contribution in [1.29, 1.82) is 0 Å². The van der Waals surface area contributed by atoms with E-state index in [1.165, 1.54) is 11.8 Å². The highest BCUT2D eigenvalue weighted by Gasteiger charge is 2.11. The Bertz CT molecular complexity index is 1160. The first-order valence-corrected chi connectivity index (χ1v) is 10.7. The Morgan fingerprint density at radius 2 is 2.07 bits per heavy atom. The first-order valence-electron chi connectivity index (χ1n) is 9.05. The normalized spacial score (nSPS) is 10.9. The molecule has 0 fully saturated rings. The molecule has 0 spiro atoms. The van der Waals surface area contributed by atoms with Crippen LogP contribution in [0.4, 0.5) is 5.69 Å². The number of nitrogens with zero attached hydrogens (tertiary/aromatic N) is 5. The molecule has 0 bridgehead atoms. The molecule has 0 aliphatic heterocycles. The molecule has 4 rings (SSSR count). The van der Waals surface area contributed by atoms with Gasteiger partial charge in [0.25, 0.3) is 0 Å². The maximum atomic E-state index is 12.4. The molecule has 152 valence electrons. The van der Waals surface area contributed by atoms with Gasteiger partial charge in [-0.25, -0.2) is 4.98 Å². The van der Waals surface area contributed by atoms with Gasteiger partial charge in [-0.3, -0.25) is 4.79 Å². The van der Waals surface area contributed by atoms with Crippen molar-refractivity contribution in [1.82, 2.24) is 25.2 Å². The quantitative estimate of drug-likeness (QED) is 0.428. The van der Waals surface area contributed by atoms with Crippen molar-refractivity contribution in [3.05, 3.63) is 65.6 Å². The molecule has 2 aromatic carbocycles. The van der Waals surface area contributed by atoms with Crippen LogP contribution in [0.15, 0.2) is 64.3 Å². The number of nitrogens with one attached hydrogen (secondary N) is 1. The number of hydrogen-bond acceptors (Lipinski definition) is 7. The van der Waals surface area contributed by atoms with E-state index in [2.05, 4.69) is 25.8 Å². The van der Waals surface area contributed by atoms with E-state index < -0.39 is 0 Å². The average Bonchev–Trinajstić information content (AvgIpc) is 3.42. The Morgan fingerprint density at radius 1 is 1.23 bits per heavy atom. The second kappa shape index (κ2) is 9.10. The zero-order valence-electron chi connectivity index (χ0n) is 15.9. The summed E-state index contributed by atoms with van der Waals surface area (Å²) in [6.07, 6.45) is 4.18. The van der Waals surface area contributed by atoms with E-state index in [-0.39, 0.29) is 12.3 Å². The van der Waals surface area contributed by atoms with Crippen LogP contribution in [0.25, 0.3) is 17.0 Å². The summed E-state index contributed by atoms with van der Waals surface area (Å²) in [4.78, 5) is 16.6. The second-order valence-corrected chi connectivity index (χ2v) is 7.51. The summed E-state index contributed by atoms with van der Waals surface area (Å²) in [5.74, 6) is 1.00. The third kappa shape index (κ3) is 4.69. The molecule has 0 radical (unpaired) electrons. The van der Waals surface area contributed by atoms with Gasteiger partial charge in [0.15, 0.2) is 11.7 Å². The minimum Gasteiger partial charge on any atom is -0.441 e. The number of oxazole rings is 1. The predicted molar refractivity (Wildman–Crippen MR) is 115 cm³/mol. The topological polar surface area (TPSA) is 98.7 Å². The van der Waals surface area contributed by atoms with Crippen LogP contribution >= 0.6 is 23.4 Å². The van der Waals surface area contributed by atoms with Crippen LogP contribution < -0.4 is 5.32 Å². The fourth-order valence-corrected chi connectivity index (χ4v) is 3.36. The molecule has 10 heteroatoms. The number of aromatic nitrogens is 5. The highest BCUT2D eigenvalue weighted by Crippen LogP contribution is 2.23. The maximum absolute atomic E-state index is 12.4. The van der Waals surface area contributed by atoms with E-state index >= 15 is 0 Å². The molecule has 8 nitrogen and oxygen atoms in total. The van der Waals surface area contributed by atoms with Crippen LogP contribution in [0.2, 0.25) is 5.02 Å². The Hall–Kier alpha value is -3.17. The van der Waals surface area contributed by atoms with Gasteiger partial charge in [0.2, 0.25) is 11.1 Å². The fourth-order valence-electron chi connectivity index (χ4n) is 2.80. The SMILES string of the molecule is CSc1nnnn1-c1cccc(NC(=O)CCc2ncc(-c3ccc(Cl)cc3)o2)c1.